The Balaban J connectivity index is 1.56. The van der Waals surface area contributed by atoms with Gasteiger partial charge in [0.2, 0.25) is 6.86 Å². The number of alkyl halides is 1. The van der Waals surface area contributed by atoms with E-state index in [1.54, 1.807) is 19.2 Å². The molecule has 0 fully saturated rings. The zero-order valence-electron chi connectivity index (χ0n) is 24.0. The topological polar surface area (TPSA) is 56.8 Å². The number of benzene rings is 5. The molecule has 0 unspecified atom stereocenters. The molecule has 5 aromatic carbocycles. The Kier molecular flexibility index (Phi) is 9.82. The number of ether oxygens (including phenoxy) is 3. The predicted octanol–water partition coefficient (Wildman–Crippen LogP) is 7.24. The zero-order valence-corrected chi connectivity index (χ0v) is 24.0. The van der Waals surface area contributed by atoms with Crippen LogP contribution in [0.2, 0.25) is 0 Å². The van der Waals surface area contributed by atoms with E-state index in [-0.39, 0.29) is 6.61 Å². The SMILES string of the molecule is COc1ccc(COC(=O)[C@@H](Cc2ccc(OC[18F])cc2)NC(c2ccccc2)(c2ccccc2)c2ccccc2)cc1. The molecule has 0 amide bonds. The molecule has 5 nitrogen and oxygen atoms in total. The van der Waals surface area contributed by atoms with Crippen molar-refractivity contribution in [3.8, 4) is 11.5 Å². The summed E-state index contributed by atoms with van der Waals surface area (Å²) in [7, 11) is 1.61. The molecule has 0 aliphatic heterocycles. The summed E-state index contributed by atoms with van der Waals surface area (Å²) in [6.45, 7) is -0.797. The lowest BCUT2D eigenvalue weighted by molar-refractivity contribution is -0.148. The molecule has 0 saturated heterocycles. The monoisotopic (exact) mass is 574 g/mol. The van der Waals surface area contributed by atoms with Gasteiger partial charge in [0.15, 0.2) is 0 Å². The van der Waals surface area contributed by atoms with E-state index >= 15 is 0 Å². The van der Waals surface area contributed by atoms with E-state index in [0.29, 0.717) is 12.2 Å². The lowest BCUT2D eigenvalue weighted by atomic mass is 9.76. The van der Waals surface area contributed by atoms with Gasteiger partial charge in [-0.2, -0.15) is 0 Å². The van der Waals surface area contributed by atoms with Gasteiger partial charge in [0.1, 0.15) is 24.1 Å². The van der Waals surface area contributed by atoms with Gasteiger partial charge in [-0.05, 0) is 58.5 Å². The lowest BCUT2D eigenvalue weighted by Gasteiger charge is -2.39. The minimum atomic E-state index is -0.908. The van der Waals surface area contributed by atoms with Gasteiger partial charge in [-0.15, -0.1) is 0 Å². The van der Waals surface area contributed by atoms with E-state index in [9.17, 15) is 9.18 Å². The maximum Gasteiger partial charge on any atom is 0.323 e. The number of halogens is 1. The van der Waals surface area contributed by atoms with Crippen molar-refractivity contribution < 1.29 is 23.4 Å². The van der Waals surface area contributed by atoms with Crippen molar-refractivity contribution in [2.45, 2.75) is 24.6 Å². The number of carbonyl (C=O) groups excluding carboxylic acids is 1. The van der Waals surface area contributed by atoms with Crippen LogP contribution in [0.5, 0.6) is 11.5 Å². The molecule has 0 radical (unpaired) electrons. The van der Waals surface area contributed by atoms with E-state index in [2.05, 4.69) is 41.7 Å². The number of rotatable bonds is 13. The molecule has 1 atom stereocenters. The van der Waals surface area contributed by atoms with E-state index in [1.165, 1.54) is 0 Å². The first-order valence-electron chi connectivity index (χ1n) is 14.1. The van der Waals surface area contributed by atoms with Crippen LogP contribution in [0.1, 0.15) is 27.8 Å². The van der Waals surface area contributed by atoms with Crippen LogP contribution in [0, 0.1) is 0 Å². The predicted molar refractivity (Wildman–Crippen MR) is 166 cm³/mol. The number of methoxy groups -OCH3 is 1. The molecule has 5 rings (SSSR count). The van der Waals surface area contributed by atoms with Gasteiger partial charge in [0.25, 0.3) is 0 Å². The van der Waals surface area contributed by atoms with Gasteiger partial charge in [-0.25, -0.2) is 4.39 Å². The fourth-order valence-corrected chi connectivity index (χ4v) is 5.27. The molecule has 0 saturated carbocycles. The Labute approximate surface area is 251 Å². The molecule has 0 spiro atoms. The highest BCUT2D eigenvalue weighted by atomic mass is 18.2. The van der Waals surface area contributed by atoms with Crippen LogP contribution in [0.3, 0.4) is 0 Å². The van der Waals surface area contributed by atoms with Crippen LogP contribution in [-0.4, -0.2) is 26.0 Å². The van der Waals surface area contributed by atoms with Crippen LogP contribution >= 0.6 is 0 Å². The first-order chi connectivity index (χ1) is 21.1. The summed E-state index contributed by atoms with van der Waals surface area (Å²) in [6, 6.07) is 44.1. The fraction of sp³-hybridized carbons (Fsp3) is 0.162. The van der Waals surface area contributed by atoms with Gasteiger partial charge in [-0.1, -0.05) is 115 Å². The molecular weight excluding hydrogens is 540 g/mol. The Morgan fingerprint density at radius 2 is 1.14 bits per heavy atom. The Morgan fingerprint density at radius 1 is 0.674 bits per heavy atom. The number of carbonyl (C=O) groups is 1. The van der Waals surface area contributed by atoms with Gasteiger partial charge in [0, 0.05) is 0 Å². The molecular formula is C37H34FNO4. The molecule has 0 aliphatic rings. The third-order valence-corrected chi connectivity index (χ3v) is 7.42. The molecule has 0 aromatic heterocycles. The van der Waals surface area contributed by atoms with Crippen LogP contribution in [-0.2, 0) is 28.1 Å². The number of hydrogen-bond acceptors (Lipinski definition) is 5. The Hall–Kier alpha value is -4.94. The normalized spacial score (nSPS) is 11.9. The summed E-state index contributed by atoms with van der Waals surface area (Å²) < 4.78 is 28.9. The standard InChI is InChI=1S/C37H34FNO4/c1-41-33-21-19-29(20-22-33)26-42-36(40)35(25-28-17-23-34(24-18-28)43-27-38)39-37(30-11-5-2-6-12-30,31-13-7-3-8-14-31)32-15-9-4-10-16-32/h2-24,35,39H,25-27H2,1H3/t35-/m1/s1/i38-1. The summed E-state index contributed by atoms with van der Waals surface area (Å²) in [5.41, 5.74) is 3.77. The van der Waals surface area contributed by atoms with Crippen LogP contribution in [0.4, 0.5) is 4.39 Å². The lowest BCUT2D eigenvalue weighted by Crippen LogP contribution is -2.53. The molecule has 1 N–H and O–H groups in total. The summed E-state index contributed by atoms with van der Waals surface area (Å²) in [6.07, 6.45) is 0.325. The third kappa shape index (κ3) is 7.11. The maximum absolute atomic E-state index is 14.0. The maximum atomic E-state index is 14.0. The van der Waals surface area contributed by atoms with Gasteiger partial charge < -0.3 is 14.2 Å². The van der Waals surface area contributed by atoms with Crippen LogP contribution in [0.15, 0.2) is 140 Å². The van der Waals surface area contributed by atoms with Gasteiger partial charge in [-0.3, -0.25) is 10.1 Å². The highest BCUT2D eigenvalue weighted by Gasteiger charge is 2.40. The van der Waals surface area contributed by atoms with E-state index in [4.69, 9.17) is 14.2 Å². The van der Waals surface area contributed by atoms with Crippen molar-refractivity contribution in [3.05, 3.63) is 167 Å². The summed E-state index contributed by atoms with van der Waals surface area (Å²) in [5, 5.41) is 3.77. The highest BCUT2D eigenvalue weighted by molar-refractivity contribution is 5.77. The quantitative estimate of drug-likeness (QED) is 0.119. The molecule has 43 heavy (non-hydrogen) atoms. The molecule has 218 valence electrons. The van der Waals surface area contributed by atoms with Crippen molar-refractivity contribution in [2.24, 2.45) is 0 Å². The van der Waals surface area contributed by atoms with E-state index in [1.807, 2.05) is 91.0 Å². The summed E-state index contributed by atoms with van der Waals surface area (Å²) in [4.78, 5) is 14.0. The molecule has 0 bridgehead atoms. The van der Waals surface area contributed by atoms with Crippen LogP contribution < -0.4 is 14.8 Å². The highest BCUT2D eigenvalue weighted by Crippen LogP contribution is 2.37. The second-order valence-electron chi connectivity index (χ2n) is 10.1. The molecule has 0 aliphatic carbocycles. The average molecular weight is 575 g/mol. The van der Waals surface area contributed by atoms with Gasteiger partial charge in [0.05, 0.1) is 12.6 Å². The number of hydrogen-bond donors (Lipinski definition) is 1. The van der Waals surface area contributed by atoms with E-state index in [0.717, 1.165) is 33.6 Å². The molecule has 6 heteroatoms. The molecule has 5 aromatic rings. The second kappa shape index (κ2) is 14.3. The average Bonchev–Trinajstić information content (AvgIpc) is 3.08. The van der Waals surface area contributed by atoms with Crippen molar-refractivity contribution >= 4 is 5.97 Å². The van der Waals surface area contributed by atoms with Gasteiger partial charge >= 0.3 is 5.97 Å². The minimum Gasteiger partial charge on any atom is -0.497 e. The number of esters is 1. The smallest absolute Gasteiger partial charge is 0.323 e. The zero-order chi connectivity index (χ0) is 29.9. The first-order valence-corrected chi connectivity index (χ1v) is 14.1. The third-order valence-electron chi connectivity index (χ3n) is 7.42. The first kappa shape index (κ1) is 29.5. The van der Waals surface area contributed by atoms with Crippen molar-refractivity contribution in [3.63, 3.8) is 0 Å². The van der Waals surface area contributed by atoms with Crippen molar-refractivity contribution in [2.75, 3.05) is 14.0 Å². The van der Waals surface area contributed by atoms with Crippen molar-refractivity contribution in [1.29, 1.82) is 0 Å². The largest absolute Gasteiger partial charge is 0.497 e. The van der Waals surface area contributed by atoms with E-state index < -0.39 is 24.4 Å². The Bertz CT molecular complexity index is 1460. The molecule has 0 heterocycles. The second-order valence-corrected chi connectivity index (χ2v) is 10.1. The minimum absolute atomic E-state index is 0.110. The van der Waals surface area contributed by atoms with Crippen molar-refractivity contribution in [1.82, 2.24) is 5.32 Å². The summed E-state index contributed by atoms with van der Waals surface area (Å²) in [5.74, 6) is 0.755. The Morgan fingerprint density at radius 3 is 1.60 bits per heavy atom. The number of nitrogens with one attached hydrogen (secondary N) is 1. The summed E-state index contributed by atoms with van der Waals surface area (Å²) >= 11 is 0. The van der Waals surface area contributed by atoms with Crippen LogP contribution in [0.25, 0.3) is 0 Å². The fourth-order valence-electron chi connectivity index (χ4n) is 5.27.